The zero-order valence-electron chi connectivity index (χ0n) is 32.6. The Kier molecular flexibility index (Phi) is 9.33. The number of aryl methyl sites for hydroxylation is 5. The zero-order chi connectivity index (χ0) is 36.9. The number of unbranched alkanes of at least 4 members (excludes halogenated alkanes) is 1. The highest BCUT2D eigenvalue weighted by molar-refractivity contribution is 6.09. The molecule has 0 atom stereocenters. The molecule has 7 aromatic rings. The van der Waals surface area contributed by atoms with E-state index < -0.39 is 0 Å². The molecule has 0 fully saturated rings. The van der Waals surface area contributed by atoms with E-state index in [1.165, 1.54) is 55.4 Å². The maximum absolute atomic E-state index is 6.83. The number of ether oxygens (including phenoxy) is 1. The van der Waals surface area contributed by atoms with Crippen molar-refractivity contribution in [1.82, 2.24) is 19.3 Å². The van der Waals surface area contributed by atoms with Gasteiger partial charge in [0.1, 0.15) is 17.3 Å². The van der Waals surface area contributed by atoms with E-state index in [0.717, 1.165) is 59.0 Å². The van der Waals surface area contributed by atoms with E-state index >= 15 is 0 Å². The van der Waals surface area contributed by atoms with E-state index in [1.54, 1.807) is 0 Å². The molecule has 4 aromatic carbocycles. The predicted molar refractivity (Wildman–Crippen MR) is 218 cm³/mol. The third-order valence-corrected chi connectivity index (χ3v) is 10.3. The highest BCUT2D eigenvalue weighted by atomic mass is 16.5. The number of nitrogens with zero attached hydrogens (tertiary/aromatic N) is 4. The third kappa shape index (κ3) is 6.53. The molecule has 52 heavy (non-hydrogen) atoms. The van der Waals surface area contributed by atoms with E-state index in [1.807, 2.05) is 6.20 Å². The summed E-state index contributed by atoms with van der Waals surface area (Å²) in [6, 6.07) is 30.6. The van der Waals surface area contributed by atoms with Crippen molar-refractivity contribution in [2.75, 3.05) is 0 Å². The molecule has 0 N–H and O–H groups in total. The van der Waals surface area contributed by atoms with Gasteiger partial charge in [0.15, 0.2) is 0 Å². The van der Waals surface area contributed by atoms with E-state index in [0.29, 0.717) is 5.92 Å². The summed E-state index contributed by atoms with van der Waals surface area (Å²) in [4.78, 5) is 4.87. The highest BCUT2D eigenvalue weighted by Crippen LogP contribution is 2.42. The van der Waals surface area contributed by atoms with Crippen LogP contribution in [0, 0.1) is 27.7 Å². The summed E-state index contributed by atoms with van der Waals surface area (Å²) < 4.78 is 11.3. The lowest BCUT2D eigenvalue weighted by Crippen LogP contribution is -2.19. The van der Waals surface area contributed by atoms with Crippen LogP contribution >= 0.6 is 0 Å². The van der Waals surface area contributed by atoms with Gasteiger partial charge in [-0.1, -0.05) is 83.9 Å². The van der Waals surface area contributed by atoms with Gasteiger partial charge < -0.3 is 4.74 Å². The van der Waals surface area contributed by atoms with Crippen LogP contribution in [0.3, 0.4) is 0 Å². The van der Waals surface area contributed by atoms with Gasteiger partial charge >= 0.3 is 0 Å². The Bertz CT molecular complexity index is 2410. The van der Waals surface area contributed by atoms with Crippen molar-refractivity contribution >= 4 is 21.8 Å². The molecule has 0 bridgehead atoms. The average molecular weight is 689 g/mol. The van der Waals surface area contributed by atoms with Crippen LogP contribution in [-0.4, -0.2) is 19.3 Å². The Hall–Kier alpha value is -5.16. The van der Waals surface area contributed by atoms with E-state index in [9.17, 15) is 0 Å². The van der Waals surface area contributed by atoms with Gasteiger partial charge in [-0.25, -0.2) is 9.67 Å². The van der Waals surface area contributed by atoms with Crippen molar-refractivity contribution in [1.29, 1.82) is 0 Å². The average Bonchev–Trinajstić information content (AvgIpc) is 3.61. The molecule has 5 heteroatoms. The number of hydrogen-bond donors (Lipinski definition) is 0. The first-order valence-corrected chi connectivity index (χ1v) is 18.8. The molecule has 0 saturated carbocycles. The molecule has 0 amide bonds. The molecule has 266 valence electrons. The summed E-state index contributed by atoms with van der Waals surface area (Å²) in [7, 11) is 0. The summed E-state index contributed by atoms with van der Waals surface area (Å²) in [5, 5.41) is 7.64. The summed E-state index contributed by atoms with van der Waals surface area (Å²) in [5.41, 5.74) is 14.1. The number of para-hydroxylation sites is 1. The molecule has 3 aromatic heterocycles. The molecule has 3 heterocycles. The molecule has 0 aliphatic heterocycles. The van der Waals surface area contributed by atoms with Crippen LogP contribution in [0.25, 0.3) is 44.4 Å². The van der Waals surface area contributed by atoms with Crippen LogP contribution in [-0.2, 0) is 11.8 Å². The van der Waals surface area contributed by atoms with Crippen LogP contribution in [0.4, 0.5) is 0 Å². The van der Waals surface area contributed by atoms with Gasteiger partial charge in [0, 0.05) is 40.1 Å². The number of benzene rings is 4. The van der Waals surface area contributed by atoms with Gasteiger partial charge in [-0.05, 0) is 117 Å². The third-order valence-electron chi connectivity index (χ3n) is 10.3. The van der Waals surface area contributed by atoms with Gasteiger partial charge in [-0.3, -0.25) is 4.57 Å². The number of rotatable bonds is 9. The SMILES string of the molecule is CCCCc1ccnc(-n2c3ccccc3c3ccc(Oc4cc(C(C)C)cc(-n5nc(C)c(-c6c(C)cc(C)cc6C)c5C(C)(C)C)c4)cc32)c1. The molecule has 0 spiro atoms. The summed E-state index contributed by atoms with van der Waals surface area (Å²) in [5.74, 6) is 2.80. The fourth-order valence-corrected chi connectivity index (χ4v) is 7.92. The van der Waals surface area contributed by atoms with Crippen LogP contribution in [0.1, 0.15) is 99.5 Å². The standard InChI is InChI=1S/C47H52N4O/c1-11-12-15-34-20-21-48-43(24-34)50-41-17-14-13-16-39(41)40-19-18-37(28-42(40)50)52-38-26-35(29(2)3)25-36(27-38)51-46(47(8,9)10)45(33(7)49-51)44-31(5)22-30(4)23-32(44)6/h13-14,16-29H,11-12,15H2,1-10H3. The lowest BCUT2D eigenvalue weighted by molar-refractivity contribution is 0.480. The Balaban J connectivity index is 1.36. The second-order valence-electron chi connectivity index (χ2n) is 15.9. The topological polar surface area (TPSA) is 44.9 Å². The second kappa shape index (κ2) is 13.8. The molecule has 0 radical (unpaired) electrons. The molecule has 0 unspecified atom stereocenters. The molecule has 0 saturated heterocycles. The lowest BCUT2D eigenvalue weighted by Gasteiger charge is -2.25. The summed E-state index contributed by atoms with van der Waals surface area (Å²) >= 11 is 0. The predicted octanol–water partition coefficient (Wildman–Crippen LogP) is 12.8. The highest BCUT2D eigenvalue weighted by Gasteiger charge is 2.30. The minimum atomic E-state index is -0.171. The van der Waals surface area contributed by atoms with Crippen LogP contribution in [0.5, 0.6) is 11.5 Å². The maximum Gasteiger partial charge on any atom is 0.137 e. The van der Waals surface area contributed by atoms with E-state index in [2.05, 4.69) is 163 Å². The normalized spacial score (nSPS) is 12.1. The van der Waals surface area contributed by atoms with Gasteiger partial charge in [-0.2, -0.15) is 5.10 Å². The second-order valence-corrected chi connectivity index (χ2v) is 15.9. The molecule has 0 aliphatic rings. The number of aromatic nitrogens is 4. The quantitative estimate of drug-likeness (QED) is 0.152. The van der Waals surface area contributed by atoms with Crippen LogP contribution in [0.15, 0.2) is 91.1 Å². The first-order valence-electron chi connectivity index (χ1n) is 18.8. The summed E-state index contributed by atoms with van der Waals surface area (Å²) in [6.07, 6.45) is 5.31. The van der Waals surface area contributed by atoms with Crippen molar-refractivity contribution in [2.45, 2.75) is 99.8 Å². The Morgan fingerprint density at radius 1 is 0.750 bits per heavy atom. The van der Waals surface area contributed by atoms with Crippen molar-refractivity contribution < 1.29 is 4.74 Å². The number of pyridine rings is 1. The fourth-order valence-electron chi connectivity index (χ4n) is 7.92. The molecular weight excluding hydrogens is 637 g/mol. The van der Waals surface area contributed by atoms with Gasteiger partial charge in [0.2, 0.25) is 0 Å². The first kappa shape index (κ1) is 35.3. The monoisotopic (exact) mass is 688 g/mol. The minimum absolute atomic E-state index is 0.171. The number of hydrogen-bond acceptors (Lipinski definition) is 3. The Morgan fingerprint density at radius 2 is 1.48 bits per heavy atom. The van der Waals surface area contributed by atoms with Crippen LogP contribution < -0.4 is 4.74 Å². The van der Waals surface area contributed by atoms with Gasteiger partial charge in [0.05, 0.1) is 28.1 Å². The van der Waals surface area contributed by atoms with Gasteiger partial charge in [-0.15, -0.1) is 0 Å². The largest absolute Gasteiger partial charge is 0.457 e. The van der Waals surface area contributed by atoms with Crippen molar-refractivity contribution in [2.24, 2.45) is 0 Å². The maximum atomic E-state index is 6.83. The molecule has 5 nitrogen and oxygen atoms in total. The first-order chi connectivity index (χ1) is 24.8. The van der Waals surface area contributed by atoms with Gasteiger partial charge in [0.25, 0.3) is 0 Å². The number of fused-ring (bicyclic) bond motifs is 3. The van der Waals surface area contributed by atoms with Crippen molar-refractivity contribution in [3.63, 3.8) is 0 Å². The van der Waals surface area contributed by atoms with Crippen molar-refractivity contribution in [3.05, 3.63) is 130 Å². The smallest absolute Gasteiger partial charge is 0.137 e. The molecular formula is C47H52N4O. The minimum Gasteiger partial charge on any atom is -0.457 e. The van der Waals surface area contributed by atoms with E-state index in [4.69, 9.17) is 14.8 Å². The lowest BCUT2D eigenvalue weighted by atomic mass is 9.83. The van der Waals surface area contributed by atoms with E-state index in [-0.39, 0.29) is 5.41 Å². The fraction of sp³-hybridized carbons (Fsp3) is 0.319. The van der Waals surface area contributed by atoms with Crippen molar-refractivity contribution in [3.8, 4) is 34.1 Å². The zero-order valence-corrected chi connectivity index (χ0v) is 32.6. The molecule has 0 aliphatic carbocycles. The van der Waals surface area contributed by atoms with Crippen LogP contribution in [0.2, 0.25) is 0 Å². The Morgan fingerprint density at radius 3 is 2.19 bits per heavy atom. The molecule has 7 rings (SSSR count). The Labute approximate surface area is 309 Å². The summed E-state index contributed by atoms with van der Waals surface area (Å²) in [6.45, 7) is 22.3.